The van der Waals surface area contributed by atoms with Crippen molar-refractivity contribution in [2.45, 2.75) is 47.8 Å². The van der Waals surface area contributed by atoms with Crippen LogP contribution in [0.3, 0.4) is 0 Å². The average molecular weight is 290 g/mol. The van der Waals surface area contributed by atoms with E-state index in [4.69, 9.17) is 4.74 Å². The number of esters is 1. The number of ether oxygens (including phenoxy) is 1. The molecular formula is C17H26N2O2. The van der Waals surface area contributed by atoms with Crippen molar-refractivity contribution in [3.05, 3.63) is 54.2 Å². The number of hydrogen-bond acceptors (Lipinski definition) is 3. The third kappa shape index (κ3) is 7.92. The fraction of sp³-hybridized carbons (Fsp3) is 0.412. The van der Waals surface area contributed by atoms with Gasteiger partial charge in [0, 0.05) is 13.5 Å². The van der Waals surface area contributed by atoms with Crippen LogP contribution in [-0.4, -0.2) is 15.5 Å². The molecule has 0 saturated heterocycles. The van der Waals surface area contributed by atoms with E-state index in [1.807, 2.05) is 31.4 Å². The van der Waals surface area contributed by atoms with E-state index in [1.54, 1.807) is 18.6 Å². The zero-order valence-electron chi connectivity index (χ0n) is 13.7. The minimum Gasteiger partial charge on any atom is -0.459 e. The van der Waals surface area contributed by atoms with Gasteiger partial charge in [-0.15, -0.1) is 0 Å². The van der Waals surface area contributed by atoms with Gasteiger partial charge in [0.1, 0.15) is 6.61 Å². The van der Waals surface area contributed by atoms with Crippen molar-refractivity contribution in [2.75, 3.05) is 0 Å². The lowest BCUT2D eigenvalue weighted by atomic mass is 10.2. The van der Waals surface area contributed by atoms with Gasteiger partial charge in [-0.1, -0.05) is 49.8 Å². The van der Waals surface area contributed by atoms with Crippen LogP contribution < -0.4 is 0 Å². The second-order valence-electron chi connectivity index (χ2n) is 4.43. The van der Waals surface area contributed by atoms with E-state index in [-0.39, 0.29) is 12.6 Å². The summed E-state index contributed by atoms with van der Waals surface area (Å²) in [5, 5.41) is 0. The van der Waals surface area contributed by atoms with Gasteiger partial charge in [-0.05, 0) is 13.8 Å². The molecule has 0 spiro atoms. The molecule has 4 heteroatoms. The second-order valence-corrected chi connectivity index (χ2v) is 4.43. The molecule has 0 atom stereocenters. The summed E-state index contributed by atoms with van der Waals surface area (Å²) in [4.78, 5) is 14.9. The maximum atomic E-state index is 10.8. The van der Waals surface area contributed by atoms with Crippen molar-refractivity contribution in [1.29, 1.82) is 0 Å². The molecule has 1 heterocycles. The van der Waals surface area contributed by atoms with E-state index in [0.29, 0.717) is 0 Å². The monoisotopic (exact) mass is 290 g/mol. The number of carbonyl (C=O) groups excluding carboxylic acids is 1. The Labute approximate surface area is 127 Å². The minimum absolute atomic E-state index is 0.254. The van der Waals surface area contributed by atoms with Crippen LogP contribution in [0.25, 0.3) is 0 Å². The van der Waals surface area contributed by atoms with E-state index >= 15 is 0 Å². The Morgan fingerprint density at radius 2 is 2.05 bits per heavy atom. The van der Waals surface area contributed by atoms with Crippen LogP contribution in [0.1, 0.15) is 40.3 Å². The van der Waals surface area contributed by atoms with E-state index in [0.717, 1.165) is 17.8 Å². The fourth-order valence-electron chi connectivity index (χ4n) is 1.72. The molecule has 0 aliphatic carbocycles. The largest absolute Gasteiger partial charge is 0.459 e. The Kier molecular flexibility index (Phi) is 9.59. The maximum absolute atomic E-state index is 10.8. The molecular weight excluding hydrogens is 264 g/mol. The average Bonchev–Trinajstić information content (AvgIpc) is 2.86. The summed E-state index contributed by atoms with van der Waals surface area (Å²) in [7, 11) is 0. The van der Waals surface area contributed by atoms with Crippen molar-refractivity contribution in [1.82, 2.24) is 9.55 Å². The van der Waals surface area contributed by atoms with E-state index in [1.165, 1.54) is 12.5 Å². The van der Waals surface area contributed by atoms with Gasteiger partial charge >= 0.3 is 5.97 Å². The Bertz CT molecular complexity index is 511. The summed E-state index contributed by atoms with van der Waals surface area (Å²) in [5.74, 6) is -0.287. The van der Waals surface area contributed by atoms with Crippen LogP contribution in [0.4, 0.5) is 0 Å². The molecule has 0 aliphatic rings. The third-order valence-corrected chi connectivity index (χ3v) is 2.50. The molecule has 0 unspecified atom stereocenters. The molecule has 0 aliphatic heterocycles. The van der Waals surface area contributed by atoms with Gasteiger partial charge in [0.05, 0.1) is 18.2 Å². The third-order valence-electron chi connectivity index (χ3n) is 2.50. The van der Waals surface area contributed by atoms with Crippen LogP contribution in [0.15, 0.2) is 48.5 Å². The summed E-state index contributed by atoms with van der Waals surface area (Å²) < 4.78 is 6.95. The van der Waals surface area contributed by atoms with E-state index < -0.39 is 0 Å². The standard InChI is InChI=1S/C15H20N2O2.C2H6/c1-5-6-12(2)7-13(3)9-17-11-16-8-15(17)10-19-14(4)18;1-2/h5-8,11H,1,9-10H2,2-4H3;1-2H3/b12-6-,13-7+;. The maximum Gasteiger partial charge on any atom is 0.303 e. The van der Waals surface area contributed by atoms with Gasteiger partial charge in [0.25, 0.3) is 0 Å². The van der Waals surface area contributed by atoms with Crippen molar-refractivity contribution >= 4 is 5.97 Å². The van der Waals surface area contributed by atoms with Crippen molar-refractivity contribution < 1.29 is 9.53 Å². The molecule has 1 rings (SSSR count). The Balaban J connectivity index is 0.00000191. The number of hydrogen-bond donors (Lipinski definition) is 0. The van der Waals surface area contributed by atoms with Crippen LogP contribution in [0.5, 0.6) is 0 Å². The SMILES string of the molecule is C=C/C=C(C)\C=C(/C)Cn1cncc1COC(C)=O.CC. The molecule has 1 aromatic rings. The first kappa shape index (κ1) is 18.9. The number of imidazole rings is 1. The zero-order chi connectivity index (χ0) is 16.3. The Morgan fingerprint density at radius 1 is 1.38 bits per heavy atom. The molecule has 1 aromatic heterocycles. The lowest BCUT2D eigenvalue weighted by Crippen LogP contribution is -2.07. The van der Waals surface area contributed by atoms with Gasteiger partial charge in [-0.3, -0.25) is 4.79 Å². The molecule has 0 bridgehead atoms. The smallest absolute Gasteiger partial charge is 0.303 e. The van der Waals surface area contributed by atoms with Gasteiger partial charge < -0.3 is 9.30 Å². The van der Waals surface area contributed by atoms with Gasteiger partial charge in [0.15, 0.2) is 0 Å². The predicted molar refractivity (Wildman–Crippen MR) is 86.8 cm³/mol. The number of rotatable bonds is 6. The summed E-state index contributed by atoms with van der Waals surface area (Å²) >= 11 is 0. The van der Waals surface area contributed by atoms with Gasteiger partial charge in [-0.25, -0.2) is 4.98 Å². The van der Waals surface area contributed by atoms with E-state index in [9.17, 15) is 4.79 Å². The molecule has 0 radical (unpaired) electrons. The minimum atomic E-state index is -0.287. The van der Waals surface area contributed by atoms with Gasteiger partial charge in [-0.2, -0.15) is 0 Å². The summed E-state index contributed by atoms with van der Waals surface area (Å²) in [6, 6.07) is 0. The first-order chi connectivity index (χ1) is 10.0. The van der Waals surface area contributed by atoms with Crippen molar-refractivity contribution in [2.24, 2.45) is 0 Å². The van der Waals surface area contributed by atoms with Crippen LogP contribution in [0.2, 0.25) is 0 Å². The molecule has 116 valence electrons. The predicted octanol–water partition coefficient (Wildman–Crippen LogP) is 4.05. The quantitative estimate of drug-likeness (QED) is 0.586. The number of aromatic nitrogens is 2. The Morgan fingerprint density at radius 3 is 2.62 bits per heavy atom. The van der Waals surface area contributed by atoms with Crippen LogP contribution in [0, 0.1) is 0 Å². The summed E-state index contributed by atoms with van der Waals surface area (Å²) in [6.07, 6.45) is 9.27. The molecule has 21 heavy (non-hydrogen) atoms. The number of nitrogens with zero attached hydrogens (tertiary/aromatic N) is 2. The molecule has 4 nitrogen and oxygen atoms in total. The zero-order valence-corrected chi connectivity index (χ0v) is 13.7. The molecule has 0 saturated carbocycles. The highest BCUT2D eigenvalue weighted by molar-refractivity contribution is 5.65. The molecule has 0 aromatic carbocycles. The fourth-order valence-corrected chi connectivity index (χ4v) is 1.72. The normalized spacial score (nSPS) is 11.5. The molecule has 0 N–H and O–H groups in total. The highest BCUT2D eigenvalue weighted by Crippen LogP contribution is 2.08. The van der Waals surface area contributed by atoms with Gasteiger partial charge in [0.2, 0.25) is 0 Å². The summed E-state index contributed by atoms with van der Waals surface area (Å²) in [5.41, 5.74) is 3.22. The topological polar surface area (TPSA) is 44.1 Å². The van der Waals surface area contributed by atoms with Crippen molar-refractivity contribution in [3.63, 3.8) is 0 Å². The lowest BCUT2D eigenvalue weighted by Gasteiger charge is -2.08. The van der Waals surface area contributed by atoms with Crippen molar-refractivity contribution in [3.8, 4) is 0 Å². The highest BCUT2D eigenvalue weighted by atomic mass is 16.5. The number of allylic oxidation sites excluding steroid dienone is 5. The summed E-state index contributed by atoms with van der Waals surface area (Å²) in [6.45, 7) is 14.1. The van der Waals surface area contributed by atoms with Crippen LogP contribution in [-0.2, 0) is 22.7 Å². The first-order valence-corrected chi connectivity index (χ1v) is 7.11. The highest BCUT2D eigenvalue weighted by Gasteiger charge is 2.04. The van der Waals surface area contributed by atoms with E-state index in [2.05, 4.69) is 24.6 Å². The number of carbonyl (C=O) groups is 1. The van der Waals surface area contributed by atoms with Crippen LogP contribution >= 0.6 is 0 Å². The Hall–Kier alpha value is -2.10. The first-order valence-electron chi connectivity index (χ1n) is 7.11. The molecule has 0 amide bonds. The molecule has 0 fully saturated rings. The lowest BCUT2D eigenvalue weighted by molar-refractivity contribution is -0.142. The second kappa shape index (κ2) is 10.7.